The number of nitrogens with zero attached hydrogens (tertiary/aromatic N) is 2. The SMILES string of the molecule is CN(C(=O)c1cnc(C2CCCO2)s1)C(CO)C(C)(C)C. The third-order valence-corrected chi connectivity index (χ3v) is 4.98. The Balaban J connectivity index is 2.12. The quantitative estimate of drug-likeness (QED) is 0.928. The fourth-order valence-electron chi connectivity index (χ4n) is 2.60. The Kier molecular flexibility index (Phi) is 5.01. The number of aromatic nitrogens is 1. The lowest BCUT2D eigenvalue weighted by Crippen LogP contribution is -2.47. The van der Waals surface area contributed by atoms with Crippen LogP contribution in [0.1, 0.15) is 54.4 Å². The summed E-state index contributed by atoms with van der Waals surface area (Å²) in [5.74, 6) is -0.0919. The molecular weight excluding hydrogens is 288 g/mol. The van der Waals surface area contributed by atoms with Gasteiger partial charge >= 0.3 is 0 Å². The predicted octanol–water partition coefficient (Wildman–Crippen LogP) is 2.47. The van der Waals surface area contributed by atoms with E-state index in [1.807, 2.05) is 20.8 Å². The molecule has 0 aliphatic carbocycles. The fraction of sp³-hybridized carbons (Fsp3) is 0.733. The fourth-order valence-corrected chi connectivity index (χ4v) is 3.59. The van der Waals surface area contributed by atoms with Gasteiger partial charge in [-0.2, -0.15) is 0 Å². The van der Waals surface area contributed by atoms with Gasteiger partial charge in [0, 0.05) is 13.7 Å². The summed E-state index contributed by atoms with van der Waals surface area (Å²) in [5.41, 5.74) is -0.179. The van der Waals surface area contributed by atoms with Gasteiger partial charge in [-0.25, -0.2) is 4.98 Å². The summed E-state index contributed by atoms with van der Waals surface area (Å²) in [6, 6.07) is -0.224. The molecule has 1 aromatic rings. The lowest BCUT2D eigenvalue weighted by atomic mass is 9.86. The number of likely N-dealkylation sites (N-methyl/N-ethyl adjacent to an activating group) is 1. The van der Waals surface area contributed by atoms with Crippen LogP contribution in [0.4, 0.5) is 0 Å². The van der Waals surface area contributed by atoms with Gasteiger partial charge in [-0.15, -0.1) is 11.3 Å². The summed E-state index contributed by atoms with van der Waals surface area (Å²) >= 11 is 1.40. The second-order valence-corrected chi connectivity index (χ2v) is 7.61. The Bertz CT molecular complexity index is 489. The third kappa shape index (κ3) is 3.62. The maximum absolute atomic E-state index is 12.6. The van der Waals surface area contributed by atoms with Crippen LogP contribution in [0, 0.1) is 5.41 Å². The molecule has 1 N–H and O–H groups in total. The molecule has 2 atom stereocenters. The molecule has 118 valence electrons. The number of carbonyl (C=O) groups is 1. The predicted molar refractivity (Wildman–Crippen MR) is 82.5 cm³/mol. The van der Waals surface area contributed by atoms with Crippen LogP contribution in [0.5, 0.6) is 0 Å². The average Bonchev–Trinajstić information content (AvgIpc) is 3.07. The largest absolute Gasteiger partial charge is 0.394 e. The van der Waals surface area contributed by atoms with Gasteiger partial charge in [-0.05, 0) is 18.3 Å². The lowest BCUT2D eigenvalue weighted by Gasteiger charge is -2.36. The van der Waals surface area contributed by atoms with Crippen LogP contribution < -0.4 is 0 Å². The third-order valence-electron chi connectivity index (χ3n) is 3.90. The summed E-state index contributed by atoms with van der Waals surface area (Å²) in [4.78, 5) is 19.1. The highest BCUT2D eigenvalue weighted by molar-refractivity contribution is 7.13. The van der Waals surface area contributed by atoms with E-state index in [2.05, 4.69) is 4.98 Å². The van der Waals surface area contributed by atoms with E-state index in [9.17, 15) is 9.90 Å². The highest BCUT2D eigenvalue weighted by atomic mass is 32.1. The number of amides is 1. The van der Waals surface area contributed by atoms with Crippen LogP contribution in [0.15, 0.2) is 6.20 Å². The van der Waals surface area contributed by atoms with Gasteiger partial charge in [0.15, 0.2) is 0 Å². The summed E-state index contributed by atoms with van der Waals surface area (Å²) in [5, 5.41) is 10.5. The van der Waals surface area contributed by atoms with Gasteiger partial charge in [0.1, 0.15) is 16.0 Å². The molecule has 0 radical (unpaired) electrons. The minimum Gasteiger partial charge on any atom is -0.394 e. The molecule has 0 bridgehead atoms. The van der Waals surface area contributed by atoms with Gasteiger partial charge in [0.2, 0.25) is 0 Å². The van der Waals surface area contributed by atoms with Crippen LogP contribution in [-0.4, -0.2) is 47.2 Å². The standard InChI is InChI=1S/C15H24N2O3S/c1-15(2,3)12(9-18)17(4)14(19)11-8-16-13(21-11)10-6-5-7-20-10/h8,10,12,18H,5-7,9H2,1-4H3. The second-order valence-electron chi connectivity index (χ2n) is 6.54. The molecule has 2 heterocycles. The number of carbonyl (C=O) groups excluding carboxylic acids is 1. The van der Waals surface area contributed by atoms with Crippen LogP contribution in [-0.2, 0) is 4.74 Å². The Morgan fingerprint density at radius 2 is 2.33 bits per heavy atom. The Labute approximate surface area is 129 Å². The lowest BCUT2D eigenvalue weighted by molar-refractivity contribution is 0.0437. The van der Waals surface area contributed by atoms with Crippen molar-refractivity contribution in [2.24, 2.45) is 5.41 Å². The molecule has 1 amide bonds. The van der Waals surface area contributed by atoms with E-state index in [0.717, 1.165) is 24.5 Å². The molecule has 0 saturated carbocycles. The number of hydrogen-bond donors (Lipinski definition) is 1. The zero-order chi connectivity index (χ0) is 15.6. The average molecular weight is 312 g/mol. The van der Waals surface area contributed by atoms with E-state index in [1.54, 1.807) is 18.1 Å². The zero-order valence-electron chi connectivity index (χ0n) is 13.1. The molecule has 6 heteroatoms. The minimum atomic E-state index is -0.224. The number of aliphatic hydroxyl groups is 1. The zero-order valence-corrected chi connectivity index (χ0v) is 13.9. The summed E-state index contributed by atoms with van der Waals surface area (Å²) in [6.07, 6.45) is 3.68. The number of aliphatic hydroxyl groups excluding tert-OH is 1. The first kappa shape index (κ1) is 16.4. The van der Waals surface area contributed by atoms with Crippen molar-refractivity contribution in [3.05, 3.63) is 16.1 Å². The minimum absolute atomic E-state index is 0.0399. The first-order valence-corrected chi connectivity index (χ1v) is 8.11. The van der Waals surface area contributed by atoms with Crippen molar-refractivity contribution >= 4 is 17.2 Å². The van der Waals surface area contributed by atoms with Crippen molar-refractivity contribution in [1.29, 1.82) is 0 Å². The number of ether oxygens (including phenoxy) is 1. The van der Waals surface area contributed by atoms with E-state index in [-0.39, 0.29) is 30.1 Å². The Hall–Kier alpha value is -0.980. The van der Waals surface area contributed by atoms with E-state index >= 15 is 0 Å². The van der Waals surface area contributed by atoms with Gasteiger partial charge in [-0.3, -0.25) is 4.79 Å². The summed E-state index contributed by atoms with van der Waals surface area (Å²) in [6.45, 7) is 6.76. The smallest absolute Gasteiger partial charge is 0.265 e. The first-order valence-electron chi connectivity index (χ1n) is 7.30. The van der Waals surface area contributed by atoms with Crippen molar-refractivity contribution in [2.75, 3.05) is 20.3 Å². The van der Waals surface area contributed by atoms with Crippen LogP contribution >= 0.6 is 11.3 Å². The molecule has 1 fully saturated rings. The maximum Gasteiger partial charge on any atom is 0.265 e. The molecule has 0 aromatic carbocycles. The molecular formula is C15H24N2O3S. The van der Waals surface area contributed by atoms with E-state index in [1.165, 1.54) is 11.3 Å². The van der Waals surface area contributed by atoms with E-state index in [4.69, 9.17) is 4.74 Å². The van der Waals surface area contributed by atoms with Gasteiger partial charge in [0.25, 0.3) is 5.91 Å². The first-order chi connectivity index (χ1) is 9.84. The molecule has 1 aromatic heterocycles. The number of rotatable bonds is 4. The van der Waals surface area contributed by atoms with Crippen LogP contribution in [0.25, 0.3) is 0 Å². The molecule has 21 heavy (non-hydrogen) atoms. The number of hydrogen-bond acceptors (Lipinski definition) is 5. The van der Waals surface area contributed by atoms with E-state index in [0.29, 0.717) is 4.88 Å². The van der Waals surface area contributed by atoms with Crippen molar-refractivity contribution < 1.29 is 14.6 Å². The molecule has 1 saturated heterocycles. The second kappa shape index (κ2) is 6.42. The number of thiazole rings is 1. The van der Waals surface area contributed by atoms with Crippen molar-refractivity contribution in [2.45, 2.75) is 45.8 Å². The molecule has 1 aliphatic rings. The van der Waals surface area contributed by atoms with Crippen LogP contribution in [0.3, 0.4) is 0 Å². The van der Waals surface area contributed by atoms with Gasteiger partial charge in [0.05, 0.1) is 18.8 Å². The van der Waals surface area contributed by atoms with Crippen molar-refractivity contribution in [3.8, 4) is 0 Å². The van der Waals surface area contributed by atoms with Crippen molar-refractivity contribution in [1.82, 2.24) is 9.88 Å². The van der Waals surface area contributed by atoms with Crippen LogP contribution in [0.2, 0.25) is 0 Å². The molecule has 2 unspecified atom stereocenters. The van der Waals surface area contributed by atoms with E-state index < -0.39 is 0 Å². The summed E-state index contributed by atoms with van der Waals surface area (Å²) in [7, 11) is 1.74. The highest BCUT2D eigenvalue weighted by Gasteiger charge is 2.32. The molecule has 2 rings (SSSR count). The topological polar surface area (TPSA) is 62.7 Å². The van der Waals surface area contributed by atoms with Gasteiger partial charge < -0.3 is 14.7 Å². The normalized spacial score (nSPS) is 20.5. The Morgan fingerprint density at radius 3 is 2.86 bits per heavy atom. The molecule has 5 nitrogen and oxygen atoms in total. The monoisotopic (exact) mass is 312 g/mol. The molecule has 0 spiro atoms. The highest BCUT2D eigenvalue weighted by Crippen LogP contribution is 2.32. The van der Waals surface area contributed by atoms with Crippen molar-refractivity contribution in [3.63, 3.8) is 0 Å². The summed E-state index contributed by atoms with van der Waals surface area (Å²) < 4.78 is 5.60. The maximum atomic E-state index is 12.6. The molecule has 1 aliphatic heterocycles. The Morgan fingerprint density at radius 1 is 1.62 bits per heavy atom. The van der Waals surface area contributed by atoms with Gasteiger partial charge in [-0.1, -0.05) is 20.8 Å².